The topological polar surface area (TPSA) is 40.9 Å². The first-order valence-corrected chi connectivity index (χ1v) is 16.3. The molecule has 1 heterocycles. The van der Waals surface area contributed by atoms with Gasteiger partial charge in [-0.1, -0.05) is 72.0 Å². The van der Waals surface area contributed by atoms with Crippen molar-refractivity contribution in [1.82, 2.24) is 5.73 Å². The lowest BCUT2D eigenvalue weighted by molar-refractivity contribution is 0.0993. The molecule has 2 bridgehead atoms. The molecule has 1 aliphatic carbocycles. The highest BCUT2D eigenvalue weighted by molar-refractivity contribution is 7.52. The highest BCUT2D eigenvalue weighted by Crippen LogP contribution is 2.39. The fraction of sp³-hybridized carbons (Fsp3) is 0.318. The Bertz CT molecular complexity index is 1020. The van der Waals surface area contributed by atoms with E-state index in [1.165, 1.54) is 32.6 Å². The van der Waals surface area contributed by atoms with Crippen LogP contribution in [0.1, 0.15) is 34.0 Å². The van der Waals surface area contributed by atoms with Gasteiger partial charge in [0.15, 0.2) is 0 Å². The molecule has 0 aromatic heterocycles. The molecule has 4 heteroatoms. The summed E-state index contributed by atoms with van der Waals surface area (Å²) >= 11 is 0. The third-order valence-electron chi connectivity index (χ3n) is 7.02. The standard InChI is InChI=1S/C22H26NOSi2/c1-13-10-15-8-7-9-16(17(15)11-13)20-18(22(23)24)12-19-14(2)21(20)26(5,6)25(19,3)4/h7-9,11-12,23H,10H2,1-6H3. The summed E-state index contributed by atoms with van der Waals surface area (Å²) in [5.74, 6) is -0.546. The number of fused-ring (bicyclic) bond motifs is 3. The number of benzene rings is 2. The van der Waals surface area contributed by atoms with Crippen LogP contribution in [0.5, 0.6) is 0 Å². The Morgan fingerprint density at radius 2 is 1.77 bits per heavy atom. The van der Waals surface area contributed by atoms with Crippen molar-refractivity contribution in [3.63, 3.8) is 0 Å². The largest absolute Gasteiger partial charge is 0.270 e. The lowest BCUT2D eigenvalue weighted by Crippen LogP contribution is -2.63. The van der Waals surface area contributed by atoms with Crippen LogP contribution in [0.2, 0.25) is 26.2 Å². The van der Waals surface area contributed by atoms with Crippen molar-refractivity contribution in [3.05, 3.63) is 52.1 Å². The monoisotopic (exact) mass is 376 g/mol. The molecule has 0 saturated carbocycles. The van der Waals surface area contributed by atoms with E-state index >= 15 is 0 Å². The zero-order valence-electron chi connectivity index (χ0n) is 16.5. The van der Waals surface area contributed by atoms with E-state index < -0.39 is 21.1 Å². The van der Waals surface area contributed by atoms with Crippen LogP contribution in [-0.4, -0.2) is 21.1 Å². The van der Waals surface area contributed by atoms with E-state index in [1.54, 1.807) is 0 Å². The summed E-state index contributed by atoms with van der Waals surface area (Å²) in [5, 5.41) is 2.84. The number of carbonyl (C=O) groups excluding carboxylic acids is 1. The zero-order chi connectivity index (χ0) is 19.0. The molecule has 2 aliphatic rings. The second-order valence-corrected chi connectivity index (χ2v) is 24.0. The van der Waals surface area contributed by atoms with Gasteiger partial charge in [0.05, 0.1) is 15.2 Å². The molecule has 0 spiro atoms. The molecule has 2 nitrogen and oxygen atoms in total. The summed E-state index contributed by atoms with van der Waals surface area (Å²) in [6.45, 7) is 14.3. The van der Waals surface area contributed by atoms with Crippen molar-refractivity contribution in [2.75, 3.05) is 0 Å². The molecule has 2 aromatic carbocycles. The van der Waals surface area contributed by atoms with Gasteiger partial charge in [0.25, 0.3) is 5.91 Å². The Morgan fingerprint density at radius 1 is 1.08 bits per heavy atom. The lowest BCUT2D eigenvalue weighted by Gasteiger charge is -2.33. The Kier molecular flexibility index (Phi) is 3.57. The van der Waals surface area contributed by atoms with E-state index in [-0.39, 0.29) is 0 Å². The molecule has 0 atom stereocenters. The van der Waals surface area contributed by atoms with Crippen LogP contribution in [0.15, 0.2) is 29.8 Å². The van der Waals surface area contributed by atoms with Gasteiger partial charge in [0.2, 0.25) is 0 Å². The molecular weight excluding hydrogens is 350 g/mol. The van der Waals surface area contributed by atoms with E-state index in [1.807, 2.05) is 0 Å². The maximum absolute atomic E-state index is 12.4. The number of hydrogen-bond acceptors (Lipinski definition) is 1. The molecule has 1 amide bonds. The summed E-state index contributed by atoms with van der Waals surface area (Å²) in [6.07, 6.45) is 3.26. The van der Waals surface area contributed by atoms with Gasteiger partial charge in [-0.15, -0.1) is 0 Å². The minimum Gasteiger partial charge on any atom is -0.267 e. The summed E-state index contributed by atoms with van der Waals surface area (Å²) in [6, 6.07) is 8.54. The fourth-order valence-electron chi connectivity index (χ4n) is 5.07. The number of rotatable bonds is 2. The minimum absolute atomic E-state index is 0.546. The highest BCUT2D eigenvalue weighted by Gasteiger charge is 2.52. The van der Waals surface area contributed by atoms with Gasteiger partial charge in [0, 0.05) is 5.56 Å². The van der Waals surface area contributed by atoms with E-state index in [0.717, 1.165) is 17.5 Å². The second-order valence-electron chi connectivity index (χ2n) is 8.97. The average Bonchev–Trinajstić information content (AvgIpc) is 2.95. The van der Waals surface area contributed by atoms with E-state index in [2.05, 4.69) is 70.4 Å². The molecule has 1 radical (unpaired) electrons. The van der Waals surface area contributed by atoms with Crippen LogP contribution in [0, 0.1) is 6.92 Å². The molecule has 0 saturated heterocycles. The van der Waals surface area contributed by atoms with Crippen LogP contribution < -0.4 is 16.1 Å². The van der Waals surface area contributed by atoms with Gasteiger partial charge in [-0.3, -0.25) is 10.5 Å². The van der Waals surface area contributed by atoms with E-state index in [4.69, 9.17) is 5.73 Å². The van der Waals surface area contributed by atoms with Crippen LogP contribution in [0.3, 0.4) is 0 Å². The average molecular weight is 377 g/mol. The maximum Gasteiger partial charge on any atom is 0.270 e. The smallest absolute Gasteiger partial charge is 0.267 e. The van der Waals surface area contributed by atoms with Crippen LogP contribution in [0.25, 0.3) is 17.2 Å². The molecule has 2 aromatic rings. The predicted octanol–water partition coefficient (Wildman–Crippen LogP) is 3.97. The highest BCUT2D eigenvalue weighted by atomic mass is 29.3. The Labute approximate surface area is 157 Å². The van der Waals surface area contributed by atoms with E-state index in [0.29, 0.717) is 5.56 Å². The molecular formula is C22H26NOSi2. The summed E-state index contributed by atoms with van der Waals surface area (Å²) in [4.78, 5) is 12.4. The molecule has 133 valence electrons. The van der Waals surface area contributed by atoms with Crippen molar-refractivity contribution in [1.29, 1.82) is 0 Å². The van der Waals surface area contributed by atoms with Crippen LogP contribution >= 0.6 is 0 Å². The van der Waals surface area contributed by atoms with Gasteiger partial charge < -0.3 is 0 Å². The number of nitrogens with one attached hydrogen (secondary N) is 1. The van der Waals surface area contributed by atoms with Gasteiger partial charge in [-0.2, -0.15) is 0 Å². The Morgan fingerprint density at radius 3 is 2.42 bits per heavy atom. The first-order chi connectivity index (χ1) is 12.1. The molecule has 1 aliphatic heterocycles. The normalized spacial score (nSPS) is 18.6. The second kappa shape index (κ2) is 5.30. The van der Waals surface area contributed by atoms with Gasteiger partial charge >= 0.3 is 0 Å². The zero-order valence-corrected chi connectivity index (χ0v) is 18.5. The predicted molar refractivity (Wildman–Crippen MR) is 116 cm³/mol. The van der Waals surface area contributed by atoms with Crippen LogP contribution in [-0.2, 0) is 6.42 Å². The quantitative estimate of drug-likeness (QED) is 0.731. The maximum atomic E-state index is 12.4. The third kappa shape index (κ3) is 2.06. The van der Waals surface area contributed by atoms with E-state index in [9.17, 15) is 4.79 Å². The molecule has 1 N–H and O–H groups in total. The number of allylic oxidation sites excluding steroid dienone is 1. The van der Waals surface area contributed by atoms with Crippen molar-refractivity contribution < 1.29 is 4.79 Å². The Hall–Kier alpha value is -1.92. The summed E-state index contributed by atoms with van der Waals surface area (Å²) in [5.41, 5.74) is 16.2. The number of carbonyl (C=O) groups is 1. The third-order valence-corrected chi connectivity index (χ3v) is 24.8. The van der Waals surface area contributed by atoms with Crippen molar-refractivity contribution in [3.8, 4) is 11.1 Å². The first kappa shape index (κ1) is 17.5. The SMILES string of the molecule is CC1=Cc2c(cccc2-c2c(C([NH])=O)cc3c(C)c2[Si](C)(C)[Si]3(C)C)C1. The number of hydrogen-bond donors (Lipinski definition) is 0. The van der Waals surface area contributed by atoms with Crippen molar-refractivity contribution in [2.24, 2.45) is 0 Å². The molecule has 4 rings (SSSR count). The van der Waals surface area contributed by atoms with Crippen molar-refractivity contribution in [2.45, 2.75) is 46.5 Å². The van der Waals surface area contributed by atoms with Gasteiger partial charge in [0.1, 0.15) is 0 Å². The Balaban J connectivity index is 2.14. The first-order valence-electron chi connectivity index (χ1n) is 9.31. The molecule has 0 fully saturated rings. The van der Waals surface area contributed by atoms with Crippen LogP contribution in [0.4, 0.5) is 0 Å². The van der Waals surface area contributed by atoms with Crippen molar-refractivity contribution >= 4 is 37.5 Å². The minimum atomic E-state index is -1.71. The van der Waals surface area contributed by atoms with Gasteiger partial charge in [-0.25, -0.2) is 0 Å². The fourth-order valence-corrected chi connectivity index (χ4v) is 15.6. The molecule has 26 heavy (non-hydrogen) atoms. The lowest BCUT2D eigenvalue weighted by atomic mass is 9.92. The van der Waals surface area contributed by atoms with Gasteiger partial charge in [-0.05, 0) is 48.6 Å². The molecule has 0 unspecified atom stereocenters. The summed E-state index contributed by atoms with van der Waals surface area (Å²) in [7, 11) is -3.34. The number of amides is 1. The summed E-state index contributed by atoms with van der Waals surface area (Å²) < 4.78 is 0.